The first-order chi connectivity index (χ1) is 14.3. The topological polar surface area (TPSA) is 57.6 Å². The van der Waals surface area contributed by atoms with Crippen molar-refractivity contribution in [3.8, 4) is 0 Å². The predicted molar refractivity (Wildman–Crippen MR) is 120 cm³/mol. The maximum Gasteiger partial charge on any atom is 0.157 e. The summed E-state index contributed by atoms with van der Waals surface area (Å²) in [6.45, 7) is 2.50. The maximum absolute atomic E-state index is 12.7. The third-order valence-electron chi connectivity index (χ3n) is 5.81. The van der Waals surface area contributed by atoms with Gasteiger partial charge in [-0.25, -0.2) is 8.42 Å². The van der Waals surface area contributed by atoms with Gasteiger partial charge in [-0.05, 0) is 23.6 Å². The fraction of sp³-hybridized carbons (Fsp3) is 0.280. The van der Waals surface area contributed by atoms with Gasteiger partial charge in [0.15, 0.2) is 9.84 Å². The summed E-state index contributed by atoms with van der Waals surface area (Å²) in [6.07, 6.45) is 1.21. The highest BCUT2D eigenvalue weighted by atomic mass is 32.2. The average molecular weight is 422 g/mol. The van der Waals surface area contributed by atoms with Gasteiger partial charge < -0.3 is 5.11 Å². The summed E-state index contributed by atoms with van der Waals surface area (Å²) in [5.41, 5.74) is 2.54. The lowest BCUT2D eigenvalue weighted by atomic mass is 9.82. The highest BCUT2D eigenvalue weighted by Gasteiger charge is 2.54. The monoisotopic (exact) mass is 421 g/mol. The Morgan fingerprint density at radius 3 is 1.80 bits per heavy atom. The second-order valence-electron chi connectivity index (χ2n) is 8.36. The molecule has 5 heteroatoms. The third-order valence-corrected chi connectivity index (χ3v) is 7.38. The van der Waals surface area contributed by atoms with Gasteiger partial charge in [0, 0.05) is 19.3 Å². The van der Waals surface area contributed by atoms with Crippen molar-refractivity contribution in [1.82, 2.24) is 4.90 Å². The van der Waals surface area contributed by atoms with Crippen molar-refractivity contribution < 1.29 is 13.5 Å². The van der Waals surface area contributed by atoms with Gasteiger partial charge in [0.2, 0.25) is 0 Å². The fourth-order valence-corrected chi connectivity index (χ4v) is 6.27. The number of aryl methyl sites for hydroxylation is 1. The number of β-amino-alcohol motifs (C(OH)–C–C–N with tert-alkyl or cyclic N) is 1. The van der Waals surface area contributed by atoms with Crippen LogP contribution in [0.2, 0.25) is 0 Å². The number of aliphatic hydroxyl groups is 1. The lowest BCUT2D eigenvalue weighted by molar-refractivity contribution is -0.112. The molecule has 0 bridgehead atoms. The Morgan fingerprint density at radius 1 is 0.833 bits per heavy atom. The second kappa shape index (κ2) is 7.99. The molecule has 30 heavy (non-hydrogen) atoms. The van der Waals surface area contributed by atoms with Gasteiger partial charge in [-0.2, -0.15) is 0 Å². The van der Waals surface area contributed by atoms with Crippen LogP contribution >= 0.6 is 0 Å². The standard InChI is InChI=1S/C25H27NO3S/c1-19-10-9-15-22(16-19)24(30(2,28)29)25(27)17-26(18-25)23(20-11-5-3-6-12-20)21-13-7-4-8-14-21/h3-16,23-24,27H,17-18H2,1-2H3. The van der Waals surface area contributed by atoms with E-state index in [1.54, 1.807) is 6.07 Å². The summed E-state index contributed by atoms with van der Waals surface area (Å²) in [4.78, 5) is 2.15. The van der Waals surface area contributed by atoms with Crippen molar-refractivity contribution >= 4 is 9.84 Å². The molecule has 3 aromatic carbocycles. The smallest absolute Gasteiger partial charge is 0.157 e. The highest BCUT2D eigenvalue weighted by Crippen LogP contribution is 2.44. The number of likely N-dealkylation sites (tertiary alicyclic amines) is 1. The molecule has 4 rings (SSSR count). The van der Waals surface area contributed by atoms with Crippen LogP contribution in [0.3, 0.4) is 0 Å². The van der Waals surface area contributed by atoms with Gasteiger partial charge in [-0.1, -0.05) is 90.5 Å². The van der Waals surface area contributed by atoms with E-state index < -0.39 is 20.7 Å². The van der Waals surface area contributed by atoms with Gasteiger partial charge in [0.05, 0.1) is 6.04 Å². The Bertz CT molecular complexity index is 1070. The van der Waals surface area contributed by atoms with Crippen molar-refractivity contribution in [2.24, 2.45) is 0 Å². The van der Waals surface area contributed by atoms with E-state index in [-0.39, 0.29) is 19.1 Å². The molecule has 1 fully saturated rings. The number of rotatable bonds is 6. The molecular weight excluding hydrogens is 394 g/mol. The summed E-state index contributed by atoms with van der Waals surface area (Å²) in [5, 5.41) is 10.5. The molecule has 0 amide bonds. The van der Waals surface area contributed by atoms with Crippen LogP contribution < -0.4 is 0 Å². The number of sulfone groups is 1. The number of nitrogens with zero attached hydrogens (tertiary/aromatic N) is 1. The Balaban J connectivity index is 1.67. The largest absolute Gasteiger partial charge is 0.385 e. The van der Waals surface area contributed by atoms with Gasteiger partial charge >= 0.3 is 0 Å². The summed E-state index contributed by atoms with van der Waals surface area (Å²) < 4.78 is 25.4. The third kappa shape index (κ3) is 4.06. The van der Waals surface area contributed by atoms with E-state index in [1.807, 2.05) is 61.5 Å². The Hall–Kier alpha value is -2.47. The first kappa shape index (κ1) is 20.8. The molecule has 156 valence electrons. The molecule has 1 heterocycles. The van der Waals surface area contributed by atoms with Crippen molar-refractivity contribution in [3.63, 3.8) is 0 Å². The van der Waals surface area contributed by atoms with Gasteiger partial charge in [0.1, 0.15) is 10.9 Å². The first-order valence-corrected chi connectivity index (χ1v) is 12.1. The predicted octanol–water partition coefficient (Wildman–Crippen LogP) is 3.92. The minimum atomic E-state index is -3.51. The van der Waals surface area contributed by atoms with E-state index in [4.69, 9.17) is 0 Å². The number of hydrogen-bond donors (Lipinski definition) is 1. The minimum Gasteiger partial charge on any atom is -0.385 e. The molecule has 3 aromatic rings. The van der Waals surface area contributed by atoms with Crippen molar-refractivity contribution in [2.45, 2.75) is 23.8 Å². The molecule has 1 atom stereocenters. The molecule has 0 saturated carbocycles. The molecule has 1 N–H and O–H groups in total. The van der Waals surface area contributed by atoms with Crippen LogP contribution in [0, 0.1) is 6.92 Å². The number of hydrogen-bond acceptors (Lipinski definition) is 4. The zero-order chi connectivity index (χ0) is 21.4. The van der Waals surface area contributed by atoms with Crippen LogP contribution in [0.4, 0.5) is 0 Å². The SMILES string of the molecule is Cc1cccc(C(C2(O)CN(C(c3ccccc3)c3ccccc3)C2)S(C)(=O)=O)c1. The van der Waals surface area contributed by atoms with E-state index in [1.165, 1.54) is 6.26 Å². The molecule has 1 saturated heterocycles. The van der Waals surface area contributed by atoms with Crippen LogP contribution in [0.5, 0.6) is 0 Å². The van der Waals surface area contributed by atoms with Crippen LogP contribution in [0.15, 0.2) is 84.9 Å². The molecule has 4 nitrogen and oxygen atoms in total. The normalized spacial score (nSPS) is 17.5. The summed E-state index contributed by atoms with van der Waals surface area (Å²) in [6, 6.07) is 27.7. The van der Waals surface area contributed by atoms with E-state index >= 15 is 0 Å². The number of benzene rings is 3. The Labute approximate surface area is 178 Å². The lowest BCUT2D eigenvalue weighted by Crippen LogP contribution is -2.66. The van der Waals surface area contributed by atoms with Crippen LogP contribution in [-0.4, -0.2) is 43.4 Å². The van der Waals surface area contributed by atoms with Gasteiger partial charge in [-0.3, -0.25) is 4.90 Å². The average Bonchev–Trinajstić information content (AvgIpc) is 2.68. The zero-order valence-corrected chi connectivity index (χ0v) is 18.1. The molecule has 1 aliphatic heterocycles. The molecule has 1 aliphatic rings. The van der Waals surface area contributed by atoms with Crippen LogP contribution in [-0.2, 0) is 9.84 Å². The second-order valence-corrected chi connectivity index (χ2v) is 10.5. The lowest BCUT2D eigenvalue weighted by Gasteiger charge is -2.53. The van der Waals surface area contributed by atoms with E-state index in [9.17, 15) is 13.5 Å². The molecular formula is C25H27NO3S. The molecule has 0 aromatic heterocycles. The fourth-order valence-electron chi connectivity index (χ4n) is 4.68. The quantitative estimate of drug-likeness (QED) is 0.656. The summed E-state index contributed by atoms with van der Waals surface area (Å²) in [5.74, 6) is 0. The van der Waals surface area contributed by atoms with Gasteiger partial charge in [-0.15, -0.1) is 0 Å². The molecule has 1 unspecified atom stereocenters. The highest BCUT2D eigenvalue weighted by molar-refractivity contribution is 7.91. The Kier molecular flexibility index (Phi) is 5.53. The van der Waals surface area contributed by atoms with Gasteiger partial charge in [0.25, 0.3) is 0 Å². The van der Waals surface area contributed by atoms with Crippen molar-refractivity contribution in [2.75, 3.05) is 19.3 Å². The maximum atomic E-state index is 12.7. The van der Waals surface area contributed by atoms with Crippen LogP contribution in [0.1, 0.15) is 33.5 Å². The van der Waals surface area contributed by atoms with E-state index in [0.717, 1.165) is 16.7 Å². The van der Waals surface area contributed by atoms with Crippen LogP contribution in [0.25, 0.3) is 0 Å². The molecule has 0 radical (unpaired) electrons. The van der Waals surface area contributed by atoms with Crippen molar-refractivity contribution in [1.29, 1.82) is 0 Å². The zero-order valence-electron chi connectivity index (χ0n) is 17.3. The molecule has 0 spiro atoms. The van der Waals surface area contributed by atoms with Crippen molar-refractivity contribution in [3.05, 3.63) is 107 Å². The summed E-state index contributed by atoms with van der Waals surface area (Å²) in [7, 11) is -3.51. The summed E-state index contributed by atoms with van der Waals surface area (Å²) >= 11 is 0. The Morgan fingerprint density at radius 2 is 1.33 bits per heavy atom. The van der Waals surface area contributed by atoms with E-state index in [2.05, 4.69) is 29.2 Å². The molecule has 0 aliphatic carbocycles. The van der Waals surface area contributed by atoms with E-state index in [0.29, 0.717) is 5.56 Å². The first-order valence-electron chi connectivity index (χ1n) is 10.1. The minimum absolute atomic E-state index is 0.0367.